The van der Waals surface area contributed by atoms with Crippen LogP contribution in [0, 0.1) is 11.6 Å². The normalized spacial score (nSPS) is 20.0. The van der Waals surface area contributed by atoms with E-state index in [-0.39, 0.29) is 18.7 Å². The summed E-state index contributed by atoms with van der Waals surface area (Å²) in [5.74, 6) is -4.32. The van der Waals surface area contributed by atoms with Crippen molar-refractivity contribution in [3.63, 3.8) is 0 Å². The van der Waals surface area contributed by atoms with Crippen LogP contribution < -0.4 is 4.74 Å². The first-order chi connectivity index (χ1) is 12.0. The summed E-state index contributed by atoms with van der Waals surface area (Å²) < 4.78 is 42.0. The zero-order valence-electron chi connectivity index (χ0n) is 14.9. The second kappa shape index (κ2) is 7.35. The molecule has 1 saturated heterocycles. The fraction of sp³-hybridized carbons (Fsp3) is 0.529. The number of ether oxygens (including phenoxy) is 3. The molecule has 1 aromatic rings. The van der Waals surface area contributed by atoms with E-state index in [1.165, 1.54) is 12.0 Å². The molecule has 7 nitrogen and oxygen atoms in total. The van der Waals surface area contributed by atoms with Crippen molar-refractivity contribution in [3.8, 4) is 11.5 Å². The molecule has 144 valence electrons. The average molecular weight is 373 g/mol. The van der Waals surface area contributed by atoms with E-state index >= 15 is 0 Å². The predicted molar refractivity (Wildman–Crippen MR) is 85.8 cm³/mol. The Hall–Kier alpha value is -2.58. The van der Waals surface area contributed by atoms with Gasteiger partial charge in [0.2, 0.25) is 5.82 Å². The van der Waals surface area contributed by atoms with Crippen LogP contribution in [-0.2, 0) is 14.3 Å². The second-order valence-corrected chi connectivity index (χ2v) is 6.89. The molecule has 0 bridgehead atoms. The largest absolute Gasteiger partial charge is 0.505 e. The molecule has 1 aliphatic heterocycles. The number of likely N-dealkylation sites (tertiary alicyclic amines) is 1. The van der Waals surface area contributed by atoms with Gasteiger partial charge >= 0.3 is 12.1 Å². The average Bonchev–Trinajstić information content (AvgIpc) is 2.94. The van der Waals surface area contributed by atoms with E-state index in [0.717, 1.165) is 12.1 Å². The van der Waals surface area contributed by atoms with Crippen molar-refractivity contribution in [2.45, 2.75) is 44.9 Å². The Morgan fingerprint density at radius 2 is 1.92 bits per heavy atom. The van der Waals surface area contributed by atoms with Crippen LogP contribution in [0.2, 0.25) is 0 Å². The summed E-state index contributed by atoms with van der Waals surface area (Å²) in [7, 11) is 1.19. The predicted octanol–water partition coefficient (Wildman–Crippen LogP) is 2.60. The van der Waals surface area contributed by atoms with Crippen molar-refractivity contribution in [2.24, 2.45) is 0 Å². The number of carbonyl (C=O) groups excluding carboxylic acids is 2. The lowest BCUT2D eigenvalue weighted by Gasteiger charge is -2.27. The summed E-state index contributed by atoms with van der Waals surface area (Å²) in [6.45, 7) is 5.04. The van der Waals surface area contributed by atoms with Gasteiger partial charge in [0, 0.05) is 18.6 Å². The van der Waals surface area contributed by atoms with Gasteiger partial charge in [-0.05, 0) is 20.8 Å². The van der Waals surface area contributed by atoms with E-state index < -0.39 is 47.2 Å². The van der Waals surface area contributed by atoms with Gasteiger partial charge in [0.1, 0.15) is 23.5 Å². The molecule has 0 radical (unpaired) electrons. The Morgan fingerprint density at radius 1 is 1.27 bits per heavy atom. The standard InChI is InChI=1S/C17H21F2NO6/c1-17(2,3)26-16(23)20-8-10(6-12(20)15(22)24-4)25-9-5-11(18)14(19)13(21)7-9/h5,7,10,12,21H,6,8H2,1-4H3/t10-,12-/m0/s1. The number of phenols is 1. The van der Waals surface area contributed by atoms with Crippen molar-refractivity contribution < 1.29 is 37.7 Å². The minimum Gasteiger partial charge on any atom is -0.505 e. The molecule has 0 aromatic heterocycles. The Balaban J connectivity index is 2.17. The van der Waals surface area contributed by atoms with Gasteiger partial charge in [-0.2, -0.15) is 4.39 Å². The molecule has 0 spiro atoms. The Bertz CT molecular complexity index is 680. The van der Waals surface area contributed by atoms with Crippen LogP contribution in [0.1, 0.15) is 27.2 Å². The molecule has 1 aliphatic rings. The van der Waals surface area contributed by atoms with Gasteiger partial charge in [0.15, 0.2) is 11.6 Å². The van der Waals surface area contributed by atoms with Gasteiger partial charge in [0.25, 0.3) is 0 Å². The summed E-state index contributed by atoms with van der Waals surface area (Å²) in [6.07, 6.45) is -1.34. The summed E-state index contributed by atoms with van der Waals surface area (Å²) in [5, 5.41) is 9.35. The number of phenolic OH excluding ortho intramolecular Hbond substituents is 1. The number of hydrogen-bond acceptors (Lipinski definition) is 6. The van der Waals surface area contributed by atoms with Gasteiger partial charge in [-0.25, -0.2) is 14.0 Å². The van der Waals surface area contributed by atoms with E-state index in [1.54, 1.807) is 20.8 Å². The SMILES string of the molecule is COC(=O)[C@@H]1C[C@H](Oc2cc(O)c(F)c(F)c2)CN1C(=O)OC(C)(C)C. The third-order valence-corrected chi connectivity index (χ3v) is 3.65. The molecule has 0 unspecified atom stereocenters. The van der Waals surface area contributed by atoms with E-state index in [1.807, 2.05) is 0 Å². The highest BCUT2D eigenvalue weighted by atomic mass is 19.2. The molecule has 2 rings (SSSR count). The van der Waals surface area contributed by atoms with E-state index in [9.17, 15) is 23.5 Å². The summed E-state index contributed by atoms with van der Waals surface area (Å²) in [6, 6.07) is 0.763. The number of benzene rings is 1. The Labute approximate surface area is 149 Å². The Kier molecular flexibility index (Phi) is 5.58. The van der Waals surface area contributed by atoms with Gasteiger partial charge in [-0.1, -0.05) is 0 Å². The van der Waals surface area contributed by atoms with Crippen LogP contribution >= 0.6 is 0 Å². The van der Waals surface area contributed by atoms with E-state index in [4.69, 9.17) is 14.2 Å². The molecule has 1 N–H and O–H groups in total. The monoisotopic (exact) mass is 373 g/mol. The van der Waals surface area contributed by atoms with Gasteiger partial charge in [-0.15, -0.1) is 0 Å². The first-order valence-corrected chi connectivity index (χ1v) is 7.94. The first-order valence-electron chi connectivity index (χ1n) is 7.94. The number of halogens is 2. The minimum absolute atomic E-state index is 0.0194. The van der Waals surface area contributed by atoms with Crippen molar-refractivity contribution >= 4 is 12.1 Å². The summed E-state index contributed by atoms with van der Waals surface area (Å²) in [5.41, 5.74) is -0.761. The van der Waals surface area contributed by atoms with Crippen LogP contribution in [0.4, 0.5) is 13.6 Å². The number of carbonyl (C=O) groups is 2. The van der Waals surface area contributed by atoms with Crippen LogP contribution in [-0.4, -0.2) is 53.5 Å². The number of nitrogens with zero attached hydrogens (tertiary/aromatic N) is 1. The maximum absolute atomic E-state index is 13.4. The molecule has 9 heteroatoms. The molecule has 0 aliphatic carbocycles. The van der Waals surface area contributed by atoms with E-state index in [2.05, 4.69) is 0 Å². The maximum atomic E-state index is 13.4. The summed E-state index contributed by atoms with van der Waals surface area (Å²) >= 11 is 0. The molecular formula is C17H21F2NO6. The van der Waals surface area contributed by atoms with Crippen LogP contribution in [0.3, 0.4) is 0 Å². The minimum atomic E-state index is -1.38. The zero-order valence-corrected chi connectivity index (χ0v) is 14.9. The number of rotatable bonds is 3. The topological polar surface area (TPSA) is 85.3 Å². The lowest BCUT2D eigenvalue weighted by molar-refractivity contribution is -0.145. The third-order valence-electron chi connectivity index (χ3n) is 3.65. The fourth-order valence-electron chi connectivity index (χ4n) is 2.58. The lowest BCUT2D eigenvalue weighted by atomic mass is 10.2. The maximum Gasteiger partial charge on any atom is 0.411 e. The number of amides is 1. The number of hydrogen-bond donors (Lipinski definition) is 1. The third kappa shape index (κ3) is 4.53. The molecule has 2 atom stereocenters. The van der Waals surface area contributed by atoms with Gasteiger partial charge in [0.05, 0.1) is 13.7 Å². The zero-order chi connectivity index (χ0) is 19.6. The lowest BCUT2D eigenvalue weighted by Crippen LogP contribution is -2.44. The number of esters is 1. The van der Waals surface area contributed by atoms with E-state index in [0.29, 0.717) is 0 Å². The molecule has 1 fully saturated rings. The highest BCUT2D eigenvalue weighted by Crippen LogP contribution is 2.29. The molecular weight excluding hydrogens is 352 g/mol. The highest BCUT2D eigenvalue weighted by Gasteiger charge is 2.43. The fourth-order valence-corrected chi connectivity index (χ4v) is 2.58. The molecule has 0 saturated carbocycles. The molecule has 1 aromatic carbocycles. The second-order valence-electron chi connectivity index (χ2n) is 6.89. The van der Waals surface area contributed by atoms with Crippen molar-refractivity contribution in [3.05, 3.63) is 23.8 Å². The van der Waals surface area contributed by atoms with Gasteiger partial charge in [-0.3, -0.25) is 4.90 Å². The quantitative estimate of drug-likeness (QED) is 0.820. The summed E-state index contributed by atoms with van der Waals surface area (Å²) in [4.78, 5) is 25.5. The van der Waals surface area contributed by atoms with Crippen LogP contribution in [0.5, 0.6) is 11.5 Å². The van der Waals surface area contributed by atoms with Crippen molar-refractivity contribution in [1.82, 2.24) is 4.90 Å². The highest BCUT2D eigenvalue weighted by molar-refractivity contribution is 5.82. The van der Waals surface area contributed by atoms with Gasteiger partial charge < -0.3 is 19.3 Å². The number of aromatic hydroxyl groups is 1. The van der Waals surface area contributed by atoms with Crippen molar-refractivity contribution in [2.75, 3.05) is 13.7 Å². The Morgan fingerprint density at radius 3 is 2.46 bits per heavy atom. The molecule has 26 heavy (non-hydrogen) atoms. The first kappa shape index (κ1) is 19.7. The molecule has 1 heterocycles. The van der Waals surface area contributed by atoms with Crippen molar-refractivity contribution in [1.29, 1.82) is 0 Å². The number of methoxy groups -OCH3 is 1. The van der Waals surface area contributed by atoms with Crippen LogP contribution in [0.25, 0.3) is 0 Å². The smallest absolute Gasteiger partial charge is 0.411 e. The van der Waals surface area contributed by atoms with Crippen LogP contribution in [0.15, 0.2) is 12.1 Å². The molecule has 1 amide bonds.